The Labute approximate surface area is 141 Å². The molecular formula is C20H20N2O2. The predicted octanol–water partition coefficient (Wildman–Crippen LogP) is 3.56. The van der Waals surface area contributed by atoms with Gasteiger partial charge in [0, 0.05) is 6.54 Å². The summed E-state index contributed by atoms with van der Waals surface area (Å²) in [6.45, 7) is 2.17. The number of hydrogen-bond donors (Lipinski definition) is 1. The molecule has 1 saturated heterocycles. The molecule has 3 amide bonds. The lowest BCUT2D eigenvalue weighted by Crippen LogP contribution is -2.43. The first-order valence-electron chi connectivity index (χ1n) is 8.08. The summed E-state index contributed by atoms with van der Waals surface area (Å²) in [6.07, 6.45) is 4.26. The van der Waals surface area contributed by atoms with Crippen LogP contribution in [0.3, 0.4) is 0 Å². The van der Waals surface area contributed by atoms with Gasteiger partial charge in [0.05, 0.1) is 0 Å². The second-order valence-electron chi connectivity index (χ2n) is 5.78. The van der Waals surface area contributed by atoms with Crippen molar-refractivity contribution in [3.63, 3.8) is 0 Å². The summed E-state index contributed by atoms with van der Waals surface area (Å²) in [5.41, 5.74) is 0.897. The molecular weight excluding hydrogens is 300 g/mol. The van der Waals surface area contributed by atoms with Crippen LogP contribution in [0, 0.1) is 0 Å². The molecule has 0 saturated carbocycles. The summed E-state index contributed by atoms with van der Waals surface area (Å²) < 4.78 is 0. The van der Waals surface area contributed by atoms with E-state index >= 15 is 0 Å². The molecule has 1 atom stereocenters. The summed E-state index contributed by atoms with van der Waals surface area (Å²) in [5.74, 6) is -0.195. The van der Waals surface area contributed by atoms with Gasteiger partial charge in [-0.1, -0.05) is 79.7 Å². The molecule has 0 spiro atoms. The van der Waals surface area contributed by atoms with Crippen LogP contribution in [0.1, 0.15) is 24.5 Å². The number of carbonyl (C=O) groups is 2. The normalized spacial score (nSPS) is 20.6. The van der Waals surface area contributed by atoms with Gasteiger partial charge in [-0.05, 0) is 17.5 Å². The molecule has 4 nitrogen and oxygen atoms in total. The van der Waals surface area contributed by atoms with Gasteiger partial charge in [-0.15, -0.1) is 0 Å². The van der Waals surface area contributed by atoms with Crippen molar-refractivity contribution in [2.45, 2.75) is 18.9 Å². The lowest BCUT2D eigenvalue weighted by Gasteiger charge is -2.25. The Kier molecular flexibility index (Phi) is 4.47. The summed E-state index contributed by atoms with van der Waals surface area (Å²) in [6, 6.07) is 18.9. The SMILES string of the molecule is CC[C@@]1(c2ccccc2)NC(=O)N(C/C=C/c2ccccc2)C1=O. The molecule has 0 unspecified atom stereocenters. The highest BCUT2D eigenvalue weighted by molar-refractivity contribution is 6.07. The first kappa shape index (κ1) is 16.0. The quantitative estimate of drug-likeness (QED) is 0.856. The number of nitrogens with one attached hydrogen (secondary N) is 1. The predicted molar refractivity (Wildman–Crippen MR) is 94.1 cm³/mol. The van der Waals surface area contributed by atoms with Crippen LogP contribution in [0.5, 0.6) is 0 Å². The fraction of sp³-hybridized carbons (Fsp3) is 0.200. The molecule has 0 bridgehead atoms. The third-order valence-electron chi connectivity index (χ3n) is 4.37. The highest BCUT2D eigenvalue weighted by atomic mass is 16.2. The number of nitrogens with zero attached hydrogens (tertiary/aromatic N) is 1. The first-order chi connectivity index (χ1) is 11.7. The smallest absolute Gasteiger partial charge is 0.319 e. The van der Waals surface area contributed by atoms with Crippen molar-refractivity contribution in [3.05, 3.63) is 77.9 Å². The molecule has 0 radical (unpaired) electrons. The topological polar surface area (TPSA) is 49.4 Å². The van der Waals surface area contributed by atoms with Crippen LogP contribution in [0.25, 0.3) is 6.08 Å². The van der Waals surface area contributed by atoms with E-state index in [1.54, 1.807) is 0 Å². The third-order valence-corrected chi connectivity index (χ3v) is 4.37. The fourth-order valence-corrected chi connectivity index (χ4v) is 3.01. The van der Waals surface area contributed by atoms with Gasteiger partial charge in [-0.3, -0.25) is 9.69 Å². The van der Waals surface area contributed by atoms with Crippen molar-refractivity contribution >= 4 is 18.0 Å². The molecule has 1 aliphatic rings. The molecule has 3 rings (SSSR count). The average molecular weight is 320 g/mol. The number of benzene rings is 2. The zero-order valence-corrected chi connectivity index (χ0v) is 13.6. The summed E-state index contributed by atoms with van der Waals surface area (Å²) >= 11 is 0. The number of urea groups is 1. The summed E-state index contributed by atoms with van der Waals surface area (Å²) in [7, 11) is 0. The van der Waals surface area contributed by atoms with Crippen LogP contribution >= 0.6 is 0 Å². The standard InChI is InChI=1S/C20H20N2O2/c1-2-20(17-13-7-4-8-14-17)18(23)22(19(24)21-20)15-9-12-16-10-5-3-6-11-16/h3-14H,2,15H2,1H3,(H,21,24)/b12-9+/t20-/m0/s1. The first-order valence-corrected chi connectivity index (χ1v) is 8.08. The Morgan fingerprint density at radius 2 is 1.62 bits per heavy atom. The van der Waals surface area contributed by atoms with Gasteiger partial charge in [-0.25, -0.2) is 4.79 Å². The number of imide groups is 1. The average Bonchev–Trinajstić information content (AvgIpc) is 2.88. The van der Waals surface area contributed by atoms with Crippen molar-refractivity contribution in [1.82, 2.24) is 10.2 Å². The largest absolute Gasteiger partial charge is 0.325 e. The molecule has 1 N–H and O–H groups in total. The lowest BCUT2D eigenvalue weighted by atomic mass is 9.87. The van der Waals surface area contributed by atoms with Gasteiger partial charge in [0.1, 0.15) is 5.54 Å². The van der Waals surface area contributed by atoms with E-state index in [9.17, 15) is 9.59 Å². The highest BCUT2D eigenvalue weighted by Crippen LogP contribution is 2.32. The number of hydrogen-bond acceptors (Lipinski definition) is 2. The van der Waals surface area contributed by atoms with Gasteiger partial charge in [-0.2, -0.15) is 0 Å². The zero-order valence-electron chi connectivity index (χ0n) is 13.6. The van der Waals surface area contributed by atoms with E-state index in [-0.39, 0.29) is 18.5 Å². The van der Waals surface area contributed by atoms with Crippen LogP contribution in [0.15, 0.2) is 66.7 Å². The molecule has 1 fully saturated rings. The number of rotatable bonds is 5. The Balaban J connectivity index is 1.80. The highest BCUT2D eigenvalue weighted by Gasteiger charge is 2.50. The minimum absolute atomic E-state index is 0.195. The van der Waals surface area contributed by atoms with Gasteiger partial charge >= 0.3 is 6.03 Å². The molecule has 4 heteroatoms. The summed E-state index contributed by atoms with van der Waals surface area (Å²) in [4.78, 5) is 26.5. The summed E-state index contributed by atoms with van der Waals surface area (Å²) in [5, 5.41) is 2.89. The molecule has 1 heterocycles. The van der Waals surface area contributed by atoms with Crippen LogP contribution in [0.4, 0.5) is 4.79 Å². The van der Waals surface area contributed by atoms with E-state index in [1.165, 1.54) is 4.90 Å². The molecule has 2 aromatic carbocycles. The second-order valence-corrected chi connectivity index (χ2v) is 5.78. The lowest BCUT2D eigenvalue weighted by molar-refractivity contribution is -0.131. The molecule has 24 heavy (non-hydrogen) atoms. The minimum atomic E-state index is -0.959. The minimum Gasteiger partial charge on any atom is -0.319 e. The molecule has 0 aromatic heterocycles. The Hall–Kier alpha value is -2.88. The molecule has 1 aliphatic heterocycles. The van der Waals surface area contributed by atoms with Crippen molar-refractivity contribution < 1.29 is 9.59 Å². The van der Waals surface area contributed by atoms with E-state index < -0.39 is 5.54 Å². The maximum Gasteiger partial charge on any atom is 0.325 e. The van der Waals surface area contributed by atoms with Gasteiger partial charge in [0.15, 0.2) is 0 Å². The van der Waals surface area contributed by atoms with Crippen molar-refractivity contribution in [2.24, 2.45) is 0 Å². The van der Waals surface area contributed by atoms with E-state index in [0.717, 1.165) is 11.1 Å². The fourth-order valence-electron chi connectivity index (χ4n) is 3.01. The van der Waals surface area contributed by atoms with E-state index in [2.05, 4.69) is 5.32 Å². The Morgan fingerprint density at radius 1 is 1.00 bits per heavy atom. The van der Waals surface area contributed by atoms with Crippen LogP contribution in [0.2, 0.25) is 0 Å². The van der Waals surface area contributed by atoms with Crippen LogP contribution in [-0.4, -0.2) is 23.4 Å². The zero-order chi connectivity index (χ0) is 17.0. The van der Waals surface area contributed by atoms with Gasteiger partial charge in [0.2, 0.25) is 0 Å². The number of carbonyl (C=O) groups excluding carboxylic acids is 2. The maximum atomic E-state index is 12.9. The van der Waals surface area contributed by atoms with Crippen LogP contribution in [-0.2, 0) is 10.3 Å². The Morgan fingerprint density at radius 3 is 2.25 bits per heavy atom. The van der Waals surface area contributed by atoms with Gasteiger partial charge < -0.3 is 5.32 Å². The van der Waals surface area contributed by atoms with E-state index in [4.69, 9.17) is 0 Å². The van der Waals surface area contributed by atoms with Crippen LogP contribution < -0.4 is 5.32 Å². The molecule has 0 aliphatic carbocycles. The molecule has 122 valence electrons. The Bertz CT molecular complexity index is 756. The van der Waals surface area contributed by atoms with Crippen molar-refractivity contribution in [2.75, 3.05) is 6.54 Å². The monoisotopic (exact) mass is 320 g/mol. The molecule has 2 aromatic rings. The maximum absolute atomic E-state index is 12.9. The van der Waals surface area contributed by atoms with E-state index in [0.29, 0.717) is 6.42 Å². The second kappa shape index (κ2) is 6.71. The van der Waals surface area contributed by atoms with E-state index in [1.807, 2.05) is 79.7 Å². The third kappa shape index (κ3) is 2.83. The van der Waals surface area contributed by atoms with Gasteiger partial charge in [0.25, 0.3) is 5.91 Å². The van der Waals surface area contributed by atoms with Crippen molar-refractivity contribution in [1.29, 1.82) is 0 Å². The number of amides is 3. The van der Waals surface area contributed by atoms with Crippen molar-refractivity contribution in [3.8, 4) is 0 Å².